The van der Waals surface area contributed by atoms with Crippen LogP contribution in [0, 0.1) is 13.8 Å². The molecule has 2 aromatic heterocycles. The molecule has 0 aliphatic carbocycles. The summed E-state index contributed by atoms with van der Waals surface area (Å²) in [7, 11) is -3.44. The smallest absolute Gasteiger partial charge is 0.241 e. The van der Waals surface area contributed by atoms with Gasteiger partial charge in [0.25, 0.3) is 0 Å². The summed E-state index contributed by atoms with van der Waals surface area (Å²) in [5.41, 5.74) is 0.828. The minimum absolute atomic E-state index is 0.0170. The lowest BCUT2D eigenvalue weighted by Crippen LogP contribution is -2.33. The fourth-order valence-corrected chi connectivity index (χ4v) is 4.65. The fourth-order valence-electron chi connectivity index (χ4n) is 2.06. The number of rotatable bonds is 7. The topological polar surface area (TPSA) is 84.0 Å². The zero-order valence-electron chi connectivity index (χ0n) is 12.8. The van der Waals surface area contributed by atoms with Gasteiger partial charge in [0.05, 0.1) is 10.6 Å². The van der Waals surface area contributed by atoms with Crippen LogP contribution in [0.15, 0.2) is 29.6 Å². The Morgan fingerprint density at radius 3 is 2.64 bits per heavy atom. The molecule has 0 fully saturated rings. The van der Waals surface area contributed by atoms with E-state index in [0.29, 0.717) is 18.0 Å². The summed E-state index contributed by atoms with van der Waals surface area (Å²) in [6.07, 6.45) is 4.95. The van der Waals surface area contributed by atoms with Crippen LogP contribution in [0.3, 0.4) is 0 Å². The molecule has 1 atom stereocenters. The molecule has 0 saturated carbocycles. The Labute approximate surface area is 135 Å². The summed E-state index contributed by atoms with van der Waals surface area (Å²) in [6, 6.07) is 1.72. The van der Waals surface area contributed by atoms with E-state index in [0.717, 1.165) is 15.4 Å². The Hall–Kier alpha value is -1.35. The third kappa shape index (κ3) is 4.33. The monoisotopic (exact) mass is 340 g/mol. The lowest BCUT2D eigenvalue weighted by molar-refractivity contribution is 0.545. The number of thiophene rings is 1. The van der Waals surface area contributed by atoms with Gasteiger partial charge < -0.3 is 5.32 Å². The molecule has 2 aromatic rings. The number of hydrogen-bond donors (Lipinski definition) is 2. The SMILES string of the molecule is Cc1cc(S(=O)(=O)NCCN[C@@H](C)c2cnccn2)c(C)s1. The quantitative estimate of drug-likeness (QED) is 0.751. The lowest BCUT2D eigenvalue weighted by atomic mass is 10.2. The summed E-state index contributed by atoms with van der Waals surface area (Å²) < 4.78 is 27.1. The van der Waals surface area contributed by atoms with Gasteiger partial charge in [0.2, 0.25) is 10.0 Å². The highest BCUT2D eigenvalue weighted by Gasteiger charge is 2.18. The highest BCUT2D eigenvalue weighted by Crippen LogP contribution is 2.24. The van der Waals surface area contributed by atoms with E-state index in [1.807, 2.05) is 20.8 Å². The number of sulfonamides is 1. The number of hydrogen-bond acceptors (Lipinski definition) is 6. The number of nitrogens with one attached hydrogen (secondary N) is 2. The Morgan fingerprint density at radius 2 is 2.05 bits per heavy atom. The number of aryl methyl sites for hydroxylation is 2. The van der Waals surface area contributed by atoms with Crippen molar-refractivity contribution in [2.45, 2.75) is 31.7 Å². The molecular formula is C14H20N4O2S2. The Morgan fingerprint density at radius 1 is 1.27 bits per heavy atom. The number of aromatic nitrogens is 2. The first-order chi connectivity index (χ1) is 10.4. The zero-order chi connectivity index (χ0) is 16.2. The van der Waals surface area contributed by atoms with E-state index >= 15 is 0 Å². The molecule has 0 amide bonds. The lowest BCUT2D eigenvalue weighted by Gasteiger charge is -2.13. The van der Waals surface area contributed by atoms with Crippen LogP contribution < -0.4 is 10.0 Å². The molecular weight excluding hydrogens is 320 g/mol. The van der Waals surface area contributed by atoms with Crippen LogP contribution in [0.2, 0.25) is 0 Å². The highest BCUT2D eigenvalue weighted by molar-refractivity contribution is 7.89. The van der Waals surface area contributed by atoms with Gasteiger partial charge in [-0.2, -0.15) is 0 Å². The van der Waals surface area contributed by atoms with Crippen molar-refractivity contribution in [2.24, 2.45) is 0 Å². The van der Waals surface area contributed by atoms with Gasteiger partial charge in [0.15, 0.2) is 0 Å². The van der Waals surface area contributed by atoms with Gasteiger partial charge in [-0.1, -0.05) is 0 Å². The molecule has 0 aromatic carbocycles. The molecule has 0 spiro atoms. The van der Waals surface area contributed by atoms with Crippen molar-refractivity contribution in [1.29, 1.82) is 0 Å². The second-order valence-corrected chi connectivity index (χ2v) is 8.18. The van der Waals surface area contributed by atoms with E-state index in [9.17, 15) is 8.42 Å². The van der Waals surface area contributed by atoms with Crippen molar-refractivity contribution in [2.75, 3.05) is 13.1 Å². The molecule has 2 rings (SSSR count). The van der Waals surface area contributed by atoms with E-state index in [1.54, 1.807) is 24.7 Å². The van der Waals surface area contributed by atoms with Gasteiger partial charge in [0, 0.05) is 47.5 Å². The molecule has 120 valence electrons. The third-order valence-corrected chi connectivity index (χ3v) is 5.86. The molecule has 6 nitrogen and oxygen atoms in total. The summed E-state index contributed by atoms with van der Waals surface area (Å²) in [6.45, 7) is 6.52. The van der Waals surface area contributed by atoms with E-state index in [-0.39, 0.29) is 6.04 Å². The van der Waals surface area contributed by atoms with Crippen LogP contribution in [-0.4, -0.2) is 31.5 Å². The first-order valence-corrected chi connectivity index (χ1v) is 9.26. The Bertz CT molecular complexity index is 714. The van der Waals surface area contributed by atoms with Crippen molar-refractivity contribution < 1.29 is 8.42 Å². The summed E-state index contributed by atoms with van der Waals surface area (Å²) in [5.74, 6) is 0. The molecule has 22 heavy (non-hydrogen) atoms. The van der Waals surface area contributed by atoms with Crippen LogP contribution in [0.4, 0.5) is 0 Å². The molecule has 0 radical (unpaired) electrons. The van der Waals surface area contributed by atoms with Crippen LogP contribution in [-0.2, 0) is 10.0 Å². The maximum Gasteiger partial charge on any atom is 0.241 e. The molecule has 8 heteroatoms. The van der Waals surface area contributed by atoms with Crippen LogP contribution in [0.25, 0.3) is 0 Å². The summed E-state index contributed by atoms with van der Waals surface area (Å²) in [5, 5.41) is 3.22. The normalized spacial score (nSPS) is 13.2. The van der Waals surface area contributed by atoms with Crippen LogP contribution in [0.5, 0.6) is 0 Å². The first-order valence-electron chi connectivity index (χ1n) is 6.96. The minimum atomic E-state index is -3.44. The van der Waals surface area contributed by atoms with Gasteiger partial charge in [-0.25, -0.2) is 13.1 Å². The summed E-state index contributed by atoms with van der Waals surface area (Å²) >= 11 is 1.49. The summed E-state index contributed by atoms with van der Waals surface area (Å²) in [4.78, 5) is 10.4. The van der Waals surface area contributed by atoms with Crippen molar-refractivity contribution in [3.63, 3.8) is 0 Å². The van der Waals surface area contributed by atoms with Crippen LogP contribution in [0.1, 0.15) is 28.4 Å². The Balaban J connectivity index is 1.85. The molecule has 0 unspecified atom stereocenters. The van der Waals surface area contributed by atoms with Crippen molar-refractivity contribution in [3.8, 4) is 0 Å². The van der Waals surface area contributed by atoms with Gasteiger partial charge >= 0.3 is 0 Å². The van der Waals surface area contributed by atoms with Crippen molar-refractivity contribution in [3.05, 3.63) is 40.1 Å². The van der Waals surface area contributed by atoms with Gasteiger partial charge in [-0.05, 0) is 26.8 Å². The molecule has 0 saturated heterocycles. The van der Waals surface area contributed by atoms with Crippen molar-refractivity contribution >= 4 is 21.4 Å². The van der Waals surface area contributed by atoms with E-state index in [4.69, 9.17) is 0 Å². The zero-order valence-corrected chi connectivity index (χ0v) is 14.5. The first kappa shape index (κ1) is 17.0. The maximum absolute atomic E-state index is 12.2. The van der Waals surface area contributed by atoms with Gasteiger partial charge in [-0.3, -0.25) is 9.97 Å². The van der Waals surface area contributed by atoms with E-state index < -0.39 is 10.0 Å². The number of nitrogens with zero attached hydrogens (tertiary/aromatic N) is 2. The standard InChI is InChI=1S/C14H20N4O2S2/c1-10-8-14(12(3)21-10)22(19,20)18-7-6-16-11(2)13-9-15-4-5-17-13/h4-5,8-9,11,16,18H,6-7H2,1-3H3/t11-/m0/s1. The second kappa shape index (κ2) is 7.28. The molecule has 2 N–H and O–H groups in total. The molecule has 0 aliphatic heterocycles. The largest absolute Gasteiger partial charge is 0.307 e. The Kier molecular flexibility index (Phi) is 5.63. The highest BCUT2D eigenvalue weighted by atomic mass is 32.2. The second-order valence-electron chi connectivity index (χ2n) is 4.98. The van der Waals surface area contributed by atoms with Crippen molar-refractivity contribution in [1.82, 2.24) is 20.0 Å². The molecule has 0 bridgehead atoms. The van der Waals surface area contributed by atoms with Crippen LogP contribution >= 0.6 is 11.3 Å². The minimum Gasteiger partial charge on any atom is -0.307 e. The predicted octanol–water partition coefficient (Wildman–Crippen LogP) is 1.78. The van der Waals surface area contributed by atoms with E-state index in [1.165, 1.54) is 11.3 Å². The average Bonchev–Trinajstić information content (AvgIpc) is 2.84. The van der Waals surface area contributed by atoms with Gasteiger partial charge in [-0.15, -0.1) is 11.3 Å². The fraction of sp³-hybridized carbons (Fsp3) is 0.429. The van der Waals surface area contributed by atoms with E-state index in [2.05, 4.69) is 20.0 Å². The average molecular weight is 340 g/mol. The predicted molar refractivity (Wildman–Crippen MR) is 87.4 cm³/mol. The maximum atomic E-state index is 12.2. The molecule has 0 aliphatic rings. The molecule has 2 heterocycles. The third-order valence-electron chi connectivity index (χ3n) is 3.18. The van der Waals surface area contributed by atoms with Gasteiger partial charge in [0.1, 0.15) is 0 Å².